The summed E-state index contributed by atoms with van der Waals surface area (Å²) in [6.45, 7) is 1.05. The van der Waals surface area contributed by atoms with Crippen LogP contribution in [0.3, 0.4) is 0 Å². The predicted molar refractivity (Wildman–Crippen MR) is 83.4 cm³/mol. The minimum absolute atomic E-state index is 0.111. The van der Waals surface area contributed by atoms with E-state index in [0.717, 1.165) is 18.4 Å². The first-order valence-corrected chi connectivity index (χ1v) is 7.65. The molecule has 1 fully saturated rings. The van der Waals surface area contributed by atoms with Crippen LogP contribution in [0.15, 0.2) is 42.5 Å². The summed E-state index contributed by atoms with van der Waals surface area (Å²) >= 11 is 0. The highest BCUT2D eigenvalue weighted by Crippen LogP contribution is 2.50. The van der Waals surface area contributed by atoms with Crippen LogP contribution >= 0.6 is 0 Å². The largest absolute Gasteiger partial charge is 0.486 e. The highest BCUT2D eigenvalue weighted by Gasteiger charge is 2.51. The molecule has 2 aromatic carbocycles. The van der Waals surface area contributed by atoms with Gasteiger partial charge in [-0.25, -0.2) is 4.39 Å². The van der Waals surface area contributed by atoms with Crippen molar-refractivity contribution in [3.8, 4) is 11.5 Å². The van der Waals surface area contributed by atoms with E-state index >= 15 is 0 Å². The number of hydrogen-bond donors (Lipinski definition) is 1. The Hall–Kier alpha value is -2.56. The van der Waals surface area contributed by atoms with Crippen LogP contribution in [-0.4, -0.2) is 19.1 Å². The Morgan fingerprint density at radius 2 is 1.83 bits per heavy atom. The summed E-state index contributed by atoms with van der Waals surface area (Å²) < 4.78 is 24.4. The summed E-state index contributed by atoms with van der Waals surface area (Å²) in [5.41, 5.74) is 0.830. The van der Waals surface area contributed by atoms with E-state index in [1.165, 1.54) is 12.1 Å². The lowest BCUT2D eigenvalue weighted by Gasteiger charge is -2.21. The number of carbonyl (C=O) groups excluding carboxylic acids is 1. The smallest absolute Gasteiger partial charge is 0.235 e. The van der Waals surface area contributed by atoms with Gasteiger partial charge in [-0.2, -0.15) is 0 Å². The molecule has 0 spiro atoms. The normalized spacial score (nSPS) is 17.4. The third kappa shape index (κ3) is 2.52. The Labute approximate surface area is 133 Å². The molecule has 23 heavy (non-hydrogen) atoms. The van der Waals surface area contributed by atoms with Gasteiger partial charge in [0, 0.05) is 5.69 Å². The molecule has 0 saturated heterocycles. The Bertz CT molecular complexity index is 771. The van der Waals surface area contributed by atoms with Gasteiger partial charge in [-0.15, -0.1) is 0 Å². The number of fused-ring (bicyclic) bond motifs is 1. The maximum Gasteiger partial charge on any atom is 0.235 e. The van der Waals surface area contributed by atoms with Gasteiger partial charge in [-0.1, -0.05) is 12.1 Å². The average molecular weight is 313 g/mol. The van der Waals surface area contributed by atoms with Crippen molar-refractivity contribution in [2.75, 3.05) is 18.5 Å². The highest BCUT2D eigenvalue weighted by molar-refractivity contribution is 6.01. The van der Waals surface area contributed by atoms with E-state index in [1.54, 1.807) is 12.1 Å². The average Bonchev–Trinajstić information content (AvgIpc) is 3.36. The highest BCUT2D eigenvalue weighted by atomic mass is 19.1. The molecule has 118 valence electrons. The minimum atomic E-state index is -0.553. The molecule has 4 nitrogen and oxygen atoms in total. The van der Waals surface area contributed by atoms with Crippen LogP contribution in [-0.2, 0) is 10.2 Å². The van der Waals surface area contributed by atoms with Gasteiger partial charge in [0.25, 0.3) is 0 Å². The topological polar surface area (TPSA) is 47.6 Å². The zero-order valence-corrected chi connectivity index (χ0v) is 12.5. The fourth-order valence-electron chi connectivity index (χ4n) is 2.93. The number of ether oxygens (including phenoxy) is 2. The summed E-state index contributed by atoms with van der Waals surface area (Å²) in [6.07, 6.45) is 1.54. The van der Waals surface area contributed by atoms with Crippen LogP contribution in [0, 0.1) is 5.82 Å². The molecule has 0 aromatic heterocycles. The molecule has 1 aliphatic heterocycles. The first-order valence-electron chi connectivity index (χ1n) is 7.65. The summed E-state index contributed by atoms with van der Waals surface area (Å²) in [5.74, 6) is 0.909. The number of amides is 1. The lowest BCUT2D eigenvalue weighted by Crippen LogP contribution is -2.28. The van der Waals surface area contributed by atoms with E-state index < -0.39 is 5.41 Å². The Morgan fingerprint density at radius 1 is 1.04 bits per heavy atom. The summed E-state index contributed by atoms with van der Waals surface area (Å²) in [5, 5.41) is 2.81. The van der Waals surface area contributed by atoms with E-state index in [4.69, 9.17) is 9.47 Å². The fraction of sp³-hybridized carbons (Fsp3) is 0.278. The third-order valence-electron chi connectivity index (χ3n) is 4.36. The number of benzene rings is 2. The first-order chi connectivity index (χ1) is 11.2. The lowest BCUT2D eigenvalue weighted by atomic mass is 9.94. The van der Waals surface area contributed by atoms with Crippen molar-refractivity contribution in [2.24, 2.45) is 0 Å². The summed E-state index contributed by atoms with van der Waals surface area (Å²) in [4.78, 5) is 12.7. The molecule has 1 heterocycles. The number of rotatable bonds is 3. The standard InChI is InChI=1S/C18H16FNO3/c19-13-2-1-3-14(11-13)20-17(21)18(6-7-18)12-4-5-15-16(10-12)23-9-8-22-15/h1-5,10-11H,6-9H2,(H,20,21). The van der Waals surface area contributed by atoms with E-state index in [9.17, 15) is 9.18 Å². The molecule has 4 rings (SSSR count). The van der Waals surface area contributed by atoms with Crippen molar-refractivity contribution in [1.82, 2.24) is 0 Å². The van der Waals surface area contributed by atoms with Crippen LogP contribution in [0.4, 0.5) is 10.1 Å². The van der Waals surface area contributed by atoms with Crippen LogP contribution in [0.2, 0.25) is 0 Å². The molecule has 0 radical (unpaired) electrons. The molecule has 2 aliphatic rings. The van der Waals surface area contributed by atoms with Crippen molar-refractivity contribution in [2.45, 2.75) is 18.3 Å². The van der Waals surface area contributed by atoms with Crippen molar-refractivity contribution in [1.29, 1.82) is 0 Å². The van der Waals surface area contributed by atoms with Crippen LogP contribution in [0.5, 0.6) is 11.5 Å². The molecule has 2 aromatic rings. The summed E-state index contributed by atoms with van der Waals surface area (Å²) in [7, 11) is 0. The summed E-state index contributed by atoms with van der Waals surface area (Å²) in [6, 6.07) is 11.6. The van der Waals surface area contributed by atoms with Crippen molar-refractivity contribution in [3.05, 3.63) is 53.8 Å². The second kappa shape index (κ2) is 5.26. The van der Waals surface area contributed by atoms with E-state index in [-0.39, 0.29) is 11.7 Å². The third-order valence-corrected chi connectivity index (χ3v) is 4.36. The van der Waals surface area contributed by atoms with Gasteiger partial charge in [0.15, 0.2) is 11.5 Å². The number of anilines is 1. The maximum atomic E-state index is 13.3. The number of halogens is 1. The maximum absolute atomic E-state index is 13.3. The van der Waals surface area contributed by atoms with E-state index in [0.29, 0.717) is 30.4 Å². The second-order valence-corrected chi connectivity index (χ2v) is 5.91. The fourth-order valence-corrected chi connectivity index (χ4v) is 2.93. The molecule has 1 amide bonds. The molecule has 0 atom stereocenters. The zero-order valence-electron chi connectivity index (χ0n) is 12.5. The van der Waals surface area contributed by atoms with Crippen molar-refractivity contribution >= 4 is 11.6 Å². The monoisotopic (exact) mass is 313 g/mol. The number of hydrogen-bond acceptors (Lipinski definition) is 3. The SMILES string of the molecule is O=C(Nc1cccc(F)c1)C1(c2ccc3c(c2)OCCO3)CC1. The van der Waals surface area contributed by atoms with Gasteiger partial charge in [0.1, 0.15) is 19.0 Å². The lowest BCUT2D eigenvalue weighted by molar-refractivity contribution is -0.118. The Morgan fingerprint density at radius 3 is 2.57 bits per heavy atom. The first kappa shape index (κ1) is 14.1. The van der Waals surface area contributed by atoms with Gasteiger partial charge >= 0.3 is 0 Å². The molecule has 1 N–H and O–H groups in total. The van der Waals surface area contributed by atoms with Gasteiger partial charge in [-0.05, 0) is 48.7 Å². The number of carbonyl (C=O) groups is 1. The second-order valence-electron chi connectivity index (χ2n) is 5.91. The Kier molecular flexibility index (Phi) is 3.22. The van der Waals surface area contributed by atoms with Crippen LogP contribution < -0.4 is 14.8 Å². The van der Waals surface area contributed by atoms with Crippen LogP contribution in [0.1, 0.15) is 18.4 Å². The molecule has 0 unspecified atom stereocenters. The van der Waals surface area contributed by atoms with Gasteiger partial charge in [-0.3, -0.25) is 4.79 Å². The van der Waals surface area contributed by atoms with Gasteiger partial charge in [0.2, 0.25) is 5.91 Å². The molecular weight excluding hydrogens is 297 g/mol. The van der Waals surface area contributed by atoms with E-state index in [2.05, 4.69) is 5.32 Å². The van der Waals surface area contributed by atoms with Gasteiger partial charge in [0.05, 0.1) is 5.41 Å². The molecule has 5 heteroatoms. The van der Waals surface area contributed by atoms with Crippen molar-refractivity contribution < 1.29 is 18.7 Å². The predicted octanol–water partition coefficient (Wildman–Crippen LogP) is 3.27. The van der Waals surface area contributed by atoms with Crippen molar-refractivity contribution in [3.63, 3.8) is 0 Å². The minimum Gasteiger partial charge on any atom is -0.486 e. The van der Waals surface area contributed by atoms with Gasteiger partial charge < -0.3 is 14.8 Å². The zero-order chi connectivity index (χ0) is 15.9. The molecular formula is C18H16FNO3. The molecule has 1 aliphatic carbocycles. The Balaban J connectivity index is 1.59. The number of nitrogens with one attached hydrogen (secondary N) is 1. The van der Waals surface area contributed by atoms with E-state index in [1.807, 2.05) is 18.2 Å². The van der Waals surface area contributed by atoms with Crippen LogP contribution in [0.25, 0.3) is 0 Å². The quantitative estimate of drug-likeness (QED) is 0.946. The molecule has 0 bridgehead atoms. The molecule has 1 saturated carbocycles.